The van der Waals surface area contributed by atoms with Gasteiger partial charge in [-0.15, -0.1) is 0 Å². The van der Waals surface area contributed by atoms with Crippen LogP contribution >= 0.6 is 0 Å². The van der Waals surface area contributed by atoms with Gasteiger partial charge in [0.15, 0.2) is 0 Å². The summed E-state index contributed by atoms with van der Waals surface area (Å²) in [4.78, 5) is 0. The van der Waals surface area contributed by atoms with Crippen LogP contribution in [0.4, 0.5) is 0 Å². The molecule has 50 heavy (non-hydrogen) atoms. The molecular formula is C48H45NO. The van der Waals surface area contributed by atoms with Crippen molar-refractivity contribution in [2.75, 3.05) is 0 Å². The van der Waals surface area contributed by atoms with Crippen molar-refractivity contribution in [1.29, 1.82) is 0 Å². The molecule has 0 bridgehead atoms. The number of rotatable bonds is 12. The quantitative estimate of drug-likeness (QED) is 0.129. The van der Waals surface area contributed by atoms with Crippen LogP contribution in [0.5, 0.6) is 0 Å². The second-order valence-corrected chi connectivity index (χ2v) is 13.7. The van der Waals surface area contributed by atoms with Gasteiger partial charge in [0.1, 0.15) is 11.2 Å². The molecule has 0 aliphatic rings. The average Bonchev–Trinajstić information content (AvgIpc) is 3.72. The van der Waals surface area contributed by atoms with Crippen molar-refractivity contribution >= 4 is 49.3 Å². The van der Waals surface area contributed by atoms with Gasteiger partial charge in [-0.1, -0.05) is 154 Å². The maximum atomic E-state index is 6.45. The first kappa shape index (κ1) is 31.9. The molecule has 8 rings (SSSR count). The number of furan rings is 1. The van der Waals surface area contributed by atoms with Crippen molar-refractivity contribution in [2.45, 2.75) is 64.3 Å². The zero-order valence-corrected chi connectivity index (χ0v) is 29.2. The second kappa shape index (κ2) is 14.3. The van der Waals surface area contributed by atoms with E-state index in [4.69, 9.17) is 4.42 Å². The predicted molar refractivity (Wildman–Crippen MR) is 214 cm³/mol. The van der Waals surface area contributed by atoms with Crippen LogP contribution in [0.25, 0.3) is 60.4 Å². The molecular weight excluding hydrogens is 607 g/mol. The minimum absolute atomic E-state index is 0.386. The Morgan fingerprint density at radius 1 is 0.640 bits per heavy atom. The lowest BCUT2D eigenvalue weighted by molar-refractivity contribution is 0.447. The monoisotopic (exact) mass is 651 g/mol. The van der Waals surface area contributed by atoms with Gasteiger partial charge in [-0.05, 0) is 72.2 Å². The summed E-state index contributed by atoms with van der Waals surface area (Å²) in [6.45, 7) is 4.64. The van der Waals surface area contributed by atoms with Crippen LogP contribution in [-0.2, 0) is 0 Å². The van der Waals surface area contributed by atoms with E-state index in [0.717, 1.165) is 55.3 Å². The molecule has 2 atom stereocenters. The molecule has 6 aromatic carbocycles. The predicted octanol–water partition coefficient (Wildman–Crippen LogP) is 14.1. The molecule has 8 aromatic rings. The van der Waals surface area contributed by atoms with Gasteiger partial charge in [-0.25, -0.2) is 0 Å². The Bertz CT molecular complexity index is 2410. The highest BCUT2D eigenvalue weighted by atomic mass is 16.3. The first-order valence-corrected chi connectivity index (χ1v) is 18.5. The molecule has 0 aliphatic carbocycles. The Balaban J connectivity index is 1.13. The number of nitrogens with zero attached hydrogens (tertiary/aromatic N) is 1. The number of aromatic nitrogens is 1. The van der Waals surface area contributed by atoms with Crippen molar-refractivity contribution in [3.63, 3.8) is 0 Å². The molecule has 0 radical (unpaired) electrons. The largest absolute Gasteiger partial charge is 0.455 e. The molecule has 0 saturated carbocycles. The van der Waals surface area contributed by atoms with Gasteiger partial charge in [0.05, 0.1) is 0 Å². The van der Waals surface area contributed by atoms with Gasteiger partial charge < -0.3 is 8.98 Å². The number of hydrogen-bond donors (Lipinski definition) is 0. The van der Waals surface area contributed by atoms with Crippen LogP contribution in [-0.4, -0.2) is 4.57 Å². The molecule has 0 spiro atoms. The molecule has 2 heterocycles. The first-order valence-electron chi connectivity index (χ1n) is 18.5. The van der Waals surface area contributed by atoms with Crippen molar-refractivity contribution < 1.29 is 4.42 Å². The Morgan fingerprint density at radius 2 is 1.34 bits per heavy atom. The van der Waals surface area contributed by atoms with Crippen LogP contribution < -0.4 is 0 Å². The van der Waals surface area contributed by atoms with Crippen LogP contribution in [0.1, 0.15) is 75.5 Å². The smallest absolute Gasteiger partial charge is 0.143 e. The molecule has 2 aromatic heterocycles. The summed E-state index contributed by atoms with van der Waals surface area (Å²) in [7, 11) is 0. The Morgan fingerprint density at radius 3 is 2.14 bits per heavy atom. The molecule has 0 amide bonds. The third kappa shape index (κ3) is 6.05. The van der Waals surface area contributed by atoms with Crippen LogP contribution in [0, 0.1) is 0 Å². The highest BCUT2D eigenvalue weighted by molar-refractivity contribution is 6.12. The van der Waals surface area contributed by atoms with E-state index in [0.29, 0.717) is 12.0 Å². The fraction of sp³-hybridized carbons (Fsp3) is 0.208. The molecule has 2 heteroatoms. The van der Waals surface area contributed by atoms with Gasteiger partial charge >= 0.3 is 0 Å². The topological polar surface area (TPSA) is 18.1 Å². The fourth-order valence-electron chi connectivity index (χ4n) is 8.16. The Kier molecular flexibility index (Phi) is 9.09. The number of fused-ring (bicyclic) bond motifs is 6. The first-order chi connectivity index (χ1) is 24.7. The maximum absolute atomic E-state index is 6.45. The summed E-state index contributed by atoms with van der Waals surface area (Å²) in [6, 6.07) is 53.4. The van der Waals surface area contributed by atoms with Gasteiger partial charge in [0, 0.05) is 50.1 Å². The lowest BCUT2D eigenvalue weighted by Gasteiger charge is -2.22. The van der Waals surface area contributed by atoms with Crippen molar-refractivity contribution in [3.05, 3.63) is 163 Å². The van der Waals surface area contributed by atoms with Crippen LogP contribution in [0.15, 0.2) is 156 Å². The van der Waals surface area contributed by atoms with Gasteiger partial charge in [0.25, 0.3) is 0 Å². The second-order valence-electron chi connectivity index (χ2n) is 13.7. The molecule has 2 nitrogen and oxygen atoms in total. The SMILES string of the molecule is CCC/C(=C\C(CCCC(CC)n1c2ccccc2c2cc(-c3cccc4c3oc3ccccc34)ccc21)c1ccccc1)c1ccccc1. The zero-order chi connectivity index (χ0) is 33.9. The Labute approximate surface area is 295 Å². The molecule has 248 valence electrons. The minimum Gasteiger partial charge on any atom is -0.455 e. The third-order valence-corrected chi connectivity index (χ3v) is 10.6. The normalized spacial score (nSPS) is 13.4. The standard InChI is InChI=1S/C48H45NO/c1-3-17-36(34-18-7-5-8-19-34)32-37(35-20-9-6-10-21-35)22-15-23-39(4-2)49-45-28-13-11-24-41(45)44-33-38(30-31-46(44)49)40-26-16-27-43-42-25-12-14-29-47(42)50-48(40)43/h5-14,16,18-21,24-33,37,39H,3-4,15,17,22-23H2,1-2H3/b36-32+. The van der Waals surface area contributed by atoms with Crippen molar-refractivity contribution in [1.82, 2.24) is 4.57 Å². The highest BCUT2D eigenvalue weighted by Gasteiger charge is 2.20. The third-order valence-electron chi connectivity index (χ3n) is 10.6. The molecule has 2 unspecified atom stereocenters. The summed E-state index contributed by atoms with van der Waals surface area (Å²) in [5.74, 6) is 0.386. The molecule has 0 aliphatic heterocycles. The van der Waals surface area contributed by atoms with Crippen LogP contribution in [0.2, 0.25) is 0 Å². The van der Waals surface area contributed by atoms with Crippen molar-refractivity contribution in [3.8, 4) is 11.1 Å². The lowest BCUT2D eigenvalue weighted by Crippen LogP contribution is -2.09. The summed E-state index contributed by atoms with van der Waals surface area (Å²) in [5.41, 5.74) is 11.1. The Hall–Kier alpha value is -5.34. The summed E-state index contributed by atoms with van der Waals surface area (Å²) in [6.07, 6.45) is 9.31. The van der Waals surface area contributed by atoms with E-state index >= 15 is 0 Å². The fourth-order valence-corrected chi connectivity index (χ4v) is 8.16. The maximum Gasteiger partial charge on any atom is 0.143 e. The van der Waals surface area contributed by atoms with Gasteiger partial charge in [0.2, 0.25) is 0 Å². The summed E-state index contributed by atoms with van der Waals surface area (Å²) >= 11 is 0. The number of benzene rings is 6. The summed E-state index contributed by atoms with van der Waals surface area (Å²) in [5, 5.41) is 4.96. The zero-order valence-electron chi connectivity index (χ0n) is 29.2. The van der Waals surface area contributed by atoms with E-state index in [2.05, 4.69) is 164 Å². The van der Waals surface area contributed by atoms with Crippen molar-refractivity contribution in [2.24, 2.45) is 0 Å². The van der Waals surface area contributed by atoms with E-state index in [1.807, 2.05) is 6.07 Å². The van der Waals surface area contributed by atoms with E-state index in [-0.39, 0.29) is 0 Å². The molecule has 0 fully saturated rings. The number of allylic oxidation sites excluding steroid dienone is 2. The highest BCUT2D eigenvalue weighted by Crippen LogP contribution is 2.40. The number of para-hydroxylation sites is 3. The molecule has 0 saturated heterocycles. The minimum atomic E-state index is 0.386. The van der Waals surface area contributed by atoms with E-state index in [1.54, 1.807) is 0 Å². The van der Waals surface area contributed by atoms with E-state index in [1.165, 1.54) is 54.8 Å². The van der Waals surface area contributed by atoms with Gasteiger partial charge in [-0.2, -0.15) is 0 Å². The molecule has 0 N–H and O–H groups in total. The van der Waals surface area contributed by atoms with E-state index < -0.39 is 0 Å². The van der Waals surface area contributed by atoms with Gasteiger partial charge in [-0.3, -0.25) is 0 Å². The lowest BCUT2D eigenvalue weighted by atomic mass is 9.88. The van der Waals surface area contributed by atoms with E-state index in [9.17, 15) is 0 Å². The average molecular weight is 652 g/mol. The summed E-state index contributed by atoms with van der Waals surface area (Å²) < 4.78 is 9.08. The number of hydrogen-bond acceptors (Lipinski definition) is 1. The van der Waals surface area contributed by atoms with Crippen LogP contribution in [0.3, 0.4) is 0 Å².